The summed E-state index contributed by atoms with van der Waals surface area (Å²) in [6, 6.07) is 5.97. The maximum atomic E-state index is 12.5. The average Bonchev–Trinajstić information content (AvgIpc) is 2.89. The SMILES string of the molecule is Cn1nc(-c2ccccn2)c2c1NCCSC2C1CCN(C(=O)OC(C)(C)C)CC1. The summed E-state index contributed by atoms with van der Waals surface area (Å²) in [6.45, 7) is 8.13. The van der Waals surface area contributed by atoms with Crippen LogP contribution in [0.1, 0.15) is 44.4 Å². The number of piperidine rings is 1. The molecule has 0 bridgehead atoms. The monoisotopic (exact) mass is 429 g/mol. The second kappa shape index (κ2) is 8.49. The number of pyridine rings is 1. The van der Waals surface area contributed by atoms with Gasteiger partial charge in [-0.15, -0.1) is 0 Å². The Kier molecular flexibility index (Phi) is 5.95. The van der Waals surface area contributed by atoms with E-state index in [9.17, 15) is 4.79 Å². The summed E-state index contributed by atoms with van der Waals surface area (Å²) in [6.07, 6.45) is 3.55. The van der Waals surface area contributed by atoms with E-state index >= 15 is 0 Å². The maximum absolute atomic E-state index is 12.5. The first kappa shape index (κ1) is 21.0. The van der Waals surface area contributed by atoms with E-state index in [0.29, 0.717) is 11.2 Å². The normalized spacial score (nSPS) is 20.3. The molecule has 30 heavy (non-hydrogen) atoms. The van der Waals surface area contributed by atoms with Crippen LogP contribution in [0.3, 0.4) is 0 Å². The van der Waals surface area contributed by atoms with Crippen LogP contribution in [0.25, 0.3) is 11.4 Å². The van der Waals surface area contributed by atoms with E-state index in [1.165, 1.54) is 5.56 Å². The number of hydrogen-bond donors (Lipinski definition) is 1. The number of likely N-dealkylation sites (tertiary alicyclic amines) is 1. The van der Waals surface area contributed by atoms with Crippen molar-refractivity contribution >= 4 is 23.7 Å². The number of nitrogens with one attached hydrogen (secondary N) is 1. The summed E-state index contributed by atoms with van der Waals surface area (Å²) in [5, 5.41) is 8.73. The molecule has 4 rings (SSSR count). The topological polar surface area (TPSA) is 72.3 Å². The number of amides is 1. The highest BCUT2D eigenvalue weighted by Crippen LogP contribution is 2.48. The number of aromatic nitrogens is 3. The van der Waals surface area contributed by atoms with Gasteiger partial charge < -0.3 is 15.0 Å². The highest BCUT2D eigenvalue weighted by molar-refractivity contribution is 7.99. The Morgan fingerprint density at radius 2 is 2.03 bits per heavy atom. The van der Waals surface area contributed by atoms with Crippen LogP contribution < -0.4 is 5.32 Å². The van der Waals surface area contributed by atoms with Crippen LogP contribution in [0.5, 0.6) is 0 Å². The van der Waals surface area contributed by atoms with Crippen LogP contribution >= 0.6 is 11.8 Å². The minimum atomic E-state index is -0.459. The Bertz CT molecular complexity index is 885. The Morgan fingerprint density at radius 1 is 1.27 bits per heavy atom. The van der Waals surface area contributed by atoms with Crippen molar-refractivity contribution in [3.63, 3.8) is 0 Å². The number of ether oxygens (including phenoxy) is 1. The predicted octanol–water partition coefficient (Wildman–Crippen LogP) is 4.33. The molecule has 1 atom stereocenters. The Hall–Kier alpha value is -2.22. The molecule has 7 nitrogen and oxygen atoms in total. The third-order valence-electron chi connectivity index (χ3n) is 5.59. The summed E-state index contributed by atoms with van der Waals surface area (Å²) in [7, 11) is 2.00. The predicted molar refractivity (Wildman–Crippen MR) is 121 cm³/mol. The molecular formula is C22H31N5O2S. The molecule has 1 saturated heterocycles. The Balaban J connectivity index is 1.56. The number of rotatable bonds is 2. The van der Waals surface area contributed by atoms with Crippen LogP contribution in [-0.2, 0) is 11.8 Å². The minimum Gasteiger partial charge on any atom is -0.444 e. The lowest BCUT2D eigenvalue weighted by Crippen LogP contribution is -2.42. The van der Waals surface area contributed by atoms with Gasteiger partial charge in [-0.3, -0.25) is 9.67 Å². The Morgan fingerprint density at radius 3 is 2.70 bits per heavy atom. The van der Waals surface area contributed by atoms with Gasteiger partial charge in [0.15, 0.2) is 0 Å². The number of nitrogens with zero attached hydrogens (tertiary/aromatic N) is 4. The van der Waals surface area contributed by atoms with Gasteiger partial charge in [-0.1, -0.05) is 6.07 Å². The van der Waals surface area contributed by atoms with Crippen molar-refractivity contribution in [3.05, 3.63) is 30.0 Å². The van der Waals surface area contributed by atoms with Crippen LogP contribution in [-0.4, -0.2) is 56.7 Å². The van der Waals surface area contributed by atoms with Gasteiger partial charge in [0.25, 0.3) is 0 Å². The van der Waals surface area contributed by atoms with Crippen LogP contribution in [0.4, 0.5) is 10.6 Å². The quantitative estimate of drug-likeness (QED) is 0.766. The summed E-state index contributed by atoms with van der Waals surface area (Å²) >= 11 is 2.00. The standard InChI is InChI=1S/C22H31N5O2S/c1-22(2,3)29-21(28)27-12-8-15(9-13-27)19-17-18(16-7-5-6-10-23-16)25-26(4)20(17)24-11-14-30-19/h5-7,10,15,19,24H,8-9,11-14H2,1-4H3. The second-order valence-corrected chi connectivity index (χ2v) is 10.2. The lowest BCUT2D eigenvalue weighted by atomic mass is 9.89. The van der Waals surface area contributed by atoms with E-state index in [0.717, 1.165) is 55.4 Å². The highest BCUT2D eigenvalue weighted by atomic mass is 32.2. The molecule has 0 aliphatic carbocycles. The molecule has 1 N–H and O–H groups in total. The fourth-order valence-corrected chi connectivity index (χ4v) is 5.64. The van der Waals surface area contributed by atoms with E-state index in [2.05, 4.69) is 10.3 Å². The third kappa shape index (κ3) is 4.43. The molecule has 1 amide bonds. The van der Waals surface area contributed by atoms with E-state index in [-0.39, 0.29) is 6.09 Å². The first-order chi connectivity index (χ1) is 14.3. The van der Waals surface area contributed by atoms with Crippen LogP contribution in [0, 0.1) is 5.92 Å². The van der Waals surface area contributed by atoms with E-state index in [1.807, 2.05) is 73.6 Å². The zero-order chi connectivity index (χ0) is 21.3. The molecule has 2 aromatic rings. The van der Waals surface area contributed by atoms with Gasteiger partial charge in [-0.2, -0.15) is 16.9 Å². The first-order valence-electron chi connectivity index (χ1n) is 10.6. The van der Waals surface area contributed by atoms with E-state index in [4.69, 9.17) is 9.84 Å². The zero-order valence-electron chi connectivity index (χ0n) is 18.2. The third-order valence-corrected chi connectivity index (χ3v) is 7.01. The van der Waals surface area contributed by atoms with Crippen molar-refractivity contribution in [1.82, 2.24) is 19.7 Å². The minimum absolute atomic E-state index is 0.202. The number of anilines is 1. The summed E-state index contributed by atoms with van der Waals surface area (Å²) in [5.74, 6) is 2.63. The summed E-state index contributed by atoms with van der Waals surface area (Å²) < 4.78 is 7.52. The van der Waals surface area contributed by atoms with Crippen molar-refractivity contribution < 1.29 is 9.53 Å². The number of aryl methyl sites for hydroxylation is 1. The van der Waals surface area contributed by atoms with Gasteiger partial charge in [0.2, 0.25) is 0 Å². The molecule has 4 heterocycles. The van der Waals surface area contributed by atoms with Gasteiger partial charge in [-0.25, -0.2) is 4.79 Å². The van der Waals surface area contributed by atoms with Crippen molar-refractivity contribution in [3.8, 4) is 11.4 Å². The highest BCUT2D eigenvalue weighted by Gasteiger charge is 2.36. The van der Waals surface area contributed by atoms with Crippen molar-refractivity contribution in [2.75, 3.05) is 30.7 Å². The molecule has 162 valence electrons. The van der Waals surface area contributed by atoms with E-state index < -0.39 is 5.60 Å². The largest absolute Gasteiger partial charge is 0.444 e. The number of carbonyl (C=O) groups is 1. The number of fused-ring (bicyclic) bond motifs is 1. The van der Waals surface area contributed by atoms with Crippen LogP contribution in [0.15, 0.2) is 24.4 Å². The zero-order valence-corrected chi connectivity index (χ0v) is 19.0. The van der Waals surface area contributed by atoms with Gasteiger partial charge in [0.05, 0.1) is 5.69 Å². The first-order valence-corrected chi connectivity index (χ1v) is 11.7. The van der Waals surface area contributed by atoms with Gasteiger partial charge in [0.1, 0.15) is 17.1 Å². The maximum Gasteiger partial charge on any atom is 0.410 e. The molecule has 2 aliphatic rings. The van der Waals surface area contributed by atoms with Gasteiger partial charge >= 0.3 is 6.09 Å². The average molecular weight is 430 g/mol. The molecule has 1 unspecified atom stereocenters. The molecule has 8 heteroatoms. The fourth-order valence-electron chi connectivity index (χ4n) is 4.23. The van der Waals surface area contributed by atoms with Gasteiger partial charge in [-0.05, 0) is 51.7 Å². The molecule has 1 fully saturated rings. The summed E-state index contributed by atoms with van der Waals surface area (Å²) in [4.78, 5) is 18.9. The lowest BCUT2D eigenvalue weighted by Gasteiger charge is -2.36. The molecule has 0 spiro atoms. The smallest absolute Gasteiger partial charge is 0.410 e. The number of hydrogen-bond acceptors (Lipinski definition) is 6. The molecule has 2 aromatic heterocycles. The molecule has 0 saturated carbocycles. The number of carbonyl (C=O) groups excluding carboxylic acids is 1. The molecule has 0 radical (unpaired) electrons. The van der Waals surface area contributed by atoms with E-state index in [1.54, 1.807) is 0 Å². The van der Waals surface area contributed by atoms with Crippen molar-refractivity contribution in [1.29, 1.82) is 0 Å². The van der Waals surface area contributed by atoms with Crippen molar-refractivity contribution in [2.24, 2.45) is 13.0 Å². The molecular weight excluding hydrogens is 398 g/mol. The van der Waals surface area contributed by atoms with Gasteiger partial charge in [0, 0.05) is 49.4 Å². The Labute approximate surface area is 182 Å². The fraction of sp³-hybridized carbons (Fsp3) is 0.591. The van der Waals surface area contributed by atoms with Crippen LogP contribution in [0.2, 0.25) is 0 Å². The second-order valence-electron chi connectivity index (χ2n) is 8.97. The number of thioether (sulfide) groups is 1. The molecule has 0 aromatic carbocycles. The van der Waals surface area contributed by atoms with Crippen molar-refractivity contribution in [2.45, 2.75) is 44.5 Å². The lowest BCUT2D eigenvalue weighted by molar-refractivity contribution is 0.0183. The molecule has 2 aliphatic heterocycles. The summed E-state index contributed by atoms with van der Waals surface area (Å²) in [5.41, 5.74) is 2.68.